The van der Waals surface area contributed by atoms with Crippen LogP contribution in [0.1, 0.15) is 67.7 Å². The number of likely N-dealkylation sites (tertiary alicyclic amines) is 1. The minimum atomic E-state index is -4.52. The second kappa shape index (κ2) is 10.4. The minimum absolute atomic E-state index is 0.211. The molecule has 4 rings (SSSR count). The Balaban J connectivity index is 1.29. The fourth-order valence-electron chi connectivity index (χ4n) is 5.42. The number of hydrogen-bond acceptors (Lipinski definition) is 3. The Morgan fingerprint density at radius 1 is 0.971 bits per heavy atom. The molecule has 2 fully saturated rings. The topological polar surface area (TPSA) is 30.3 Å². The molecule has 0 unspecified atom stereocenters. The van der Waals surface area contributed by atoms with Gasteiger partial charge in [0.25, 0.3) is 0 Å². The van der Waals surface area contributed by atoms with E-state index in [0.717, 1.165) is 57.8 Å². The summed E-state index contributed by atoms with van der Waals surface area (Å²) in [6, 6.07) is 14.7. The summed E-state index contributed by atoms with van der Waals surface area (Å²) in [4.78, 5) is 4.55. The Labute approximate surface area is 201 Å². The van der Waals surface area contributed by atoms with Gasteiger partial charge in [0.2, 0.25) is 0 Å². The molecular weight excluding hydrogens is 435 g/mol. The van der Waals surface area contributed by atoms with Crippen LogP contribution in [0.15, 0.2) is 42.5 Å². The average Bonchev–Trinajstić information content (AvgIpc) is 3.32. The molecule has 0 spiro atoms. The molecule has 0 N–H and O–H groups in total. The van der Waals surface area contributed by atoms with Crippen molar-refractivity contribution in [3.8, 4) is 6.07 Å². The maximum absolute atomic E-state index is 13.3. The molecule has 0 aliphatic carbocycles. The first-order valence-electron chi connectivity index (χ1n) is 12.4. The molecule has 0 aromatic heterocycles. The van der Waals surface area contributed by atoms with Crippen LogP contribution in [0.5, 0.6) is 0 Å². The van der Waals surface area contributed by atoms with Crippen molar-refractivity contribution < 1.29 is 13.2 Å². The highest BCUT2D eigenvalue weighted by Gasteiger charge is 2.35. The van der Waals surface area contributed by atoms with Crippen LogP contribution in [0.25, 0.3) is 0 Å². The monoisotopic (exact) mass is 469 g/mol. The van der Waals surface area contributed by atoms with Gasteiger partial charge in [0, 0.05) is 25.3 Å². The average molecular weight is 470 g/mol. The van der Waals surface area contributed by atoms with Gasteiger partial charge in [-0.05, 0) is 92.8 Å². The van der Waals surface area contributed by atoms with Crippen molar-refractivity contribution in [3.05, 3.63) is 64.7 Å². The summed E-state index contributed by atoms with van der Waals surface area (Å²) in [5, 5.41) is 9.03. The third-order valence-corrected chi connectivity index (χ3v) is 7.61. The fourth-order valence-corrected chi connectivity index (χ4v) is 5.42. The standard InChI is InChI=1S/C28H34F3N3/c1-27(11-5-8-22-6-4-7-23(18-22)21-33-14-2-3-15-33)12-16-34(17-13-27)25-10-9-24(20-32)26(19-25)28(29,30)31/h4,6-7,9-10,18-19H,2-3,5,8,11-17,21H2,1H3. The summed E-state index contributed by atoms with van der Waals surface area (Å²) < 4.78 is 40.0. The molecule has 0 radical (unpaired) electrons. The second-order valence-electron chi connectivity index (χ2n) is 10.3. The number of alkyl halides is 3. The van der Waals surface area contributed by atoms with Gasteiger partial charge in [0.15, 0.2) is 0 Å². The molecule has 2 aliphatic rings. The fraction of sp³-hybridized carbons (Fsp3) is 0.536. The zero-order chi connectivity index (χ0) is 24.2. The number of rotatable bonds is 7. The van der Waals surface area contributed by atoms with Crippen molar-refractivity contribution in [2.75, 3.05) is 31.1 Å². The van der Waals surface area contributed by atoms with Gasteiger partial charge in [-0.15, -0.1) is 0 Å². The second-order valence-corrected chi connectivity index (χ2v) is 10.3. The van der Waals surface area contributed by atoms with Crippen LogP contribution in [-0.4, -0.2) is 31.1 Å². The van der Waals surface area contributed by atoms with Crippen LogP contribution < -0.4 is 4.90 Å². The van der Waals surface area contributed by atoms with Crippen LogP contribution in [0, 0.1) is 16.7 Å². The Morgan fingerprint density at radius 2 is 1.68 bits per heavy atom. The number of hydrogen-bond donors (Lipinski definition) is 0. The number of aryl methyl sites for hydroxylation is 1. The van der Waals surface area contributed by atoms with Crippen molar-refractivity contribution in [3.63, 3.8) is 0 Å². The van der Waals surface area contributed by atoms with E-state index in [9.17, 15) is 13.2 Å². The molecule has 0 amide bonds. The normalized spacial score (nSPS) is 18.7. The van der Waals surface area contributed by atoms with Gasteiger partial charge in [-0.3, -0.25) is 4.90 Å². The molecule has 0 saturated carbocycles. The van der Waals surface area contributed by atoms with Gasteiger partial charge in [0.05, 0.1) is 17.2 Å². The molecule has 2 aromatic rings. The lowest BCUT2D eigenvalue weighted by molar-refractivity contribution is -0.137. The van der Waals surface area contributed by atoms with Crippen molar-refractivity contribution in [1.29, 1.82) is 5.26 Å². The largest absolute Gasteiger partial charge is 0.417 e. The first-order valence-corrected chi connectivity index (χ1v) is 12.4. The lowest BCUT2D eigenvalue weighted by atomic mass is 9.76. The summed E-state index contributed by atoms with van der Waals surface area (Å²) in [7, 11) is 0. The van der Waals surface area contributed by atoms with Crippen molar-refractivity contribution in [1.82, 2.24) is 4.90 Å². The van der Waals surface area contributed by atoms with Crippen LogP contribution in [-0.2, 0) is 19.1 Å². The summed E-state index contributed by atoms with van der Waals surface area (Å²) in [5.41, 5.74) is 2.41. The zero-order valence-corrected chi connectivity index (χ0v) is 20.0. The number of anilines is 1. The van der Waals surface area contributed by atoms with Crippen molar-refractivity contribution >= 4 is 5.69 Å². The highest BCUT2D eigenvalue weighted by atomic mass is 19.4. The molecule has 3 nitrogen and oxygen atoms in total. The molecule has 0 bridgehead atoms. The van der Waals surface area contributed by atoms with Crippen LogP contribution in [0.2, 0.25) is 0 Å². The maximum Gasteiger partial charge on any atom is 0.417 e. The first-order chi connectivity index (χ1) is 16.3. The van der Waals surface area contributed by atoms with Crippen LogP contribution in [0.4, 0.5) is 18.9 Å². The van der Waals surface area contributed by atoms with Gasteiger partial charge in [0.1, 0.15) is 0 Å². The van der Waals surface area contributed by atoms with Crippen molar-refractivity contribution in [2.45, 2.75) is 64.6 Å². The van der Waals surface area contributed by atoms with Gasteiger partial charge < -0.3 is 4.90 Å². The first kappa shape index (κ1) is 24.6. The van der Waals surface area contributed by atoms with Gasteiger partial charge in [-0.1, -0.05) is 31.2 Å². The third kappa shape index (κ3) is 6.13. The van der Waals surface area contributed by atoms with E-state index in [1.165, 1.54) is 43.1 Å². The maximum atomic E-state index is 13.3. The molecule has 0 atom stereocenters. The molecule has 182 valence electrons. The predicted molar refractivity (Wildman–Crippen MR) is 130 cm³/mol. The van der Waals surface area contributed by atoms with Crippen LogP contribution in [0.3, 0.4) is 0 Å². The molecule has 34 heavy (non-hydrogen) atoms. The highest BCUT2D eigenvalue weighted by molar-refractivity contribution is 5.55. The Morgan fingerprint density at radius 3 is 2.35 bits per heavy atom. The lowest BCUT2D eigenvalue weighted by Gasteiger charge is -2.41. The number of nitrogens with zero attached hydrogens (tertiary/aromatic N) is 3. The quantitative estimate of drug-likeness (QED) is 0.447. The number of benzene rings is 2. The zero-order valence-electron chi connectivity index (χ0n) is 20.0. The van der Waals surface area contributed by atoms with E-state index in [1.807, 2.05) is 4.90 Å². The van der Waals surface area contributed by atoms with Gasteiger partial charge in [-0.2, -0.15) is 18.4 Å². The summed E-state index contributed by atoms with van der Waals surface area (Å²) in [5.74, 6) is 0. The summed E-state index contributed by atoms with van der Waals surface area (Å²) in [6.07, 6.45) is 3.34. The van der Waals surface area contributed by atoms with Crippen LogP contribution >= 0.6 is 0 Å². The summed E-state index contributed by atoms with van der Waals surface area (Å²) in [6.45, 7) is 7.26. The van der Waals surface area contributed by atoms with E-state index in [1.54, 1.807) is 12.1 Å². The van der Waals surface area contributed by atoms with E-state index in [-0.39, 0.29) is 11.0 Å². The number of nitriles is 1. The van der Waals surface area contributed by atoms with Gasteiger partial charge in [-0.25, -0.2) is 0 Å². The predicted octanol–water partition coefficient (Wildman–Crippen LogP) is 6.80. The Hall–Kier alpha value is -2.52. The molecule has 2 saturated heterocycles. The van der Waals surface area contributed by atoms with E-state index in [0.29, 0.717) is 5.69 Å². The van der Waals surface area contributed by atoms with Crippen molar-refractivity contribution in [2.24, 2.45) is 5.41 Å². The van der Waals surface area contributed by atoms with Gasteiger partial charge >= 0.3 is 6.18 Å². The molecular formula is C28H34F3N3. The van der Waals surface area contributed by atoms with E-state index < -0.39 is 11.7 Å². The van der Waals surface area contributed by atoms with E-state index in [2.05, 4.69) is 36.1 Å². The number of halogens is 3. The molecule has 2 aromatic carbocycles. The smallest absolute Gasteiger partial charge is 0.371 e. The third-order valence-electron chi connectivity index (χ3n) is 7.61. The molecule has 2 aliphatic heterocycles. The van der Waals surface area contributed by atoms with E-state index >= 15 is 0 Å². The number of piperidine rings is 1. The molecule has 2 heterocycles. The minimum Gasteiger partial charge on any atom is -0.371 e. The van der Waals surface area contributed by atoms with E-state index in [4.69, 9.17) is 5.26 Å². The highest BCUT2D eigenvalue weighted by Crippen LogP contribution is 2.39. The molecule has 6 heteroatoms. The Kier molecular flexibility index (Phi) is 7.52. The Bertz CT molecular complexity index is 1010. The SMILES string of the molecule is CC1(CCCc2cccc(CN3CCCC3)c2)CCN(c2ccc(C#N)c(C(F)(F)F)c2)CC1. The lowest BCUT2D eigenvalue weighted by Crippen LogP contribution is -2.38. The summed E-state index contributed by atoms with van der Waals surface area (Å²) >= 11 is 0.